The quantitative estimate of drug-likeness (QED) is 0.430. The Kier molecular flexibility index (Phi) is 5.23. The maximum atomic E-state index is 13.6. The van der Waals surface area contributed by atoms with Crippen LogP contribution in [0.1, 0.15) is 32.6 Å². The Morgan fingerprint density at radius 3 is 2.23 bits per heavy atom. The number of halogens is 6. The summed E-state index contributed by atoms with van der Waals surface area (Å²) in [6.07, 6.45) is -8.71. The third-order valence-corrected chi connectivity index (χ3v) is 4.22. The lowest BCUT2D eigenvalue weighted by molar-refractivity contribution is -0.143. The highest BCUT2D eigenvalue weighted by atomic mass is 19.4. The SMILES string of the molecule is NC(N)=NC(=O)c1ccc2c(c1)C(c1ccc(C(F)(F)F)cc1C(F)(F)F)=CCO2. The van der Waals surface area contributed by atoms with Gasteiger partial charge in [0.2, 0.25) is 0 Å². The molecule has 158 valence electrons. The van der Waals surface area contributed by atoms with Crippen molar-refractivity contribution in [3.63, 3.8) is 0 Å². The summed E-state index contributed by atoms with van der Waals surface area (Å²) in [5.41, 5.74) is 6.96. The van der Waals surface area contributed by atoms with Crippen molar-refractivity contribution in [3.8, 4) is 5.75 Å². The molecule has 5 nitrogen and oxygen atoms in total. The van der Waals surface area contributed by atoms with Crippen LogP contribution in [0.3, 0.4) is 0 Å². The molecule has 0 unspecified atom stereocenters. The van der Waals surface area contributed by atoms with Gasteiger partial charge in [-0.2, -0.15) is 31.3 Å². The van der Waals surface area contributed by atoms with Crippen LogP contribution in [0.4, 0.5) is 26.3 Å². The number of nitrogens with zero attached hydrogens (tertiary/aromatic N) is 1. The van der Waals surface area contributed by atoms with Gasteiger partial charge in [-0.15, -0.1) is 0 Å². The van der Waals surface area contributed by atoms with Crippen LogP contribution in [0.5, 0.6) is 5.75 Å². The zero-order chi connectivity index (χ0) is 22.3. The topological polar surface area (TPSA) is 90.7 Å². The van der Waals surface area contributed by atoms with Gasteiger partial charge in [-0.05, 0) is 47.5 Å². The molecular weight excluding hydrogens is 416 g/mol. The van der Waals surface area contributed by atoms with Crippen molar-refractivity contribution in [1.82, 2.24) is 0 Å². The van der Waals surface area contributed by atoms with Gasteiger partial charge in [0.25, 0.3) is 5.91 Å². The van der Waals surface area contributed by atoms with Gasteiger partial charge in [-0.1, -0.05) is 6.07 Å². The average molecular weight is 429 g/mol. The van der Waals surface area contributed by atoms with Gasteiger partial charge in [0.1, 0.15) is 12.4 Å². The molecule has 0 bridgehead atoms. The second kappa shape index (κ2) is 7.39. The molecule has 4 N–H and O–H groups in total. The fourth-order valence-corrected chi connectivity index (χ4v) is 2.95. The lowest BCUT2D eigenvalue weighted by Crippen LogP contribution is -2.24. The first-order valence-corrected chi connectivity index (χ1v) is 8.28. The summed E-state index contributed by atoms with van der Waals surface area (Å²) >= 11 is 0. The van der Waals surface area contributed by atoms with E-state index in [4.69, 9.17) is 16.2 Å². The van der Waals surface area contributed by atoms with E-state index < -0.39 is 40.9 Å². The maximum absolute atomic E-state index is 13.6. The van der Waals surface area contributed by atoms with Gasteiger partial charge in [-0.25, -0.2) is 0 Å². The number of ether oxygens (including phenoxy) is 1. The summed E-state index contributed by atoms with van der Waals surface area (Å²) in [5.74, 6) is -1.19. The van der Waals surface area contributed by atoms with Crippen molar-refractivity contribution >= 4 is 17.4 Å². The Labute approximate surface area is 165 Å². The number of amides is 1. The number of carbonyl (C=O) groups is 1. The van der Waals surface area contributed by atoms with Crippen molar-refractivity contribution in [2.75, 3.05) is 6.61 Å². The average Bonchev–Trinajstić information content (AvgIpc) is 2.64. The van der Waals surface area contributed by atoms with E-state index in [1.54, 1.807) is 0 Å². The summed E-state index contributed by atoms with van der Waals surface area (Å²) < 4.78 is 84.9. The van der Waals surface area contributed by atoms with Crippen LogP contribution in [-0.4, -0.2) is 18.5 Å². The number of carbonyl (C=O) groups excluding carboxylic acids is 1. The number of hydrogen-bond donors (Lipinski definition) is 2. The largest absolute Gasteiger partial charge is 0.489 e. The minimum Gasteiger partial charge on any atom is -0.489 e. The molecule has 2 aromatic rings. The van der Waals surface area contributed by atoms with Crippen LogP contribution in [0.2, 0.25) is 0 Å². The molecule has 1 amide bonds. The molecule has 0 fully saturated rings. The number of alkyl halides is 6. The number of guanidine groups is 1. The van der Waals surface area contributed by atoms with Crippen molar-refractivity contribution in [2.24, 2.45) is 16.5 Å². The number of aliphatic imine (C=N–C) groups is 1. The molecule has 1 aliphatic rings. The second-order valence-electron chi connectivity index (χ2n) is 6.24. The van der Waals surface area contributed by atoms with E-state index in [1.807, 2.05) is 0 Å². The lowest BCUT2D eigenvalue weighted by Gasteiger charge is -2.23. The molecular formula is C19H13F6N3O2. The van der Waals surface area contributed by atoms with Crippen LogP contribution in [0.15, 0.2) is 47.5 Å². The van der Waals surface area contributed by atoms with E-state index in [1.165, 1.54) is 24.3 Å². The highest BCUT2D eigenvalue weighted by molar-refractivity contribution is 6.03. The first-order chi connectivity index (χ1) is 13.9. The van der Waals surface area contributed by atoms with Crippen LogP contribution in [0, 0.1) is 0 Å². The molecule has 0 spiro atoms. The Morgan fingerprint density at radius 1 is 0.933 bits per heavy atom. The molecule has 3 rings (SSSR count). The van der Waals surface area contributed by atoms with Crippen molar-refractivity contribution in [1.29, 1.82) is 0 Å². The monoisotopic (exact) mass is 429 g/mol. The van der Waals surface area contributed by atoms with Gasteiger partial charge in [-0.3, -0.25) is 4.79 Å². The van der Waals surface area contributed by atoms with Crippen LogP contribution < -0.4 is 16.2 Å². The fraction of sp³-hybridized carbons (Fsp3) is 0.158. The van der Waals surface area contributed by atoms with Crippen molar-refractivity contribution in [3.05, 3.63) is 70.3 Å². The third-order valence-electron chi connectivity index (χ3n) is 4.22. The highest BCUT2D eigenvalue weighted by Gasteiger charge is 2.39. The van der Waals surface area contributed by atoms with Gasteiger partial charge >= 0.3 is 12.4 Å². The van der Waals surface area contributed by atoms with Gasteiger partial charge in [0.05, 0.1) is 11.1 Å². The summed E-state index contributed by atoms with van der Waals surface area (Å²) in [6, 6.07) is 5.24. The lowest BCUT2D eigenvalue weighted by atomic mass is 9.89. The molecule has 0 saturated carbocycles. The minimum atomic E-state index is -5.05. The molecule has 1 aliphatic heterocycles. The minimum absolute atomic E-state index is 0.0309. The van der Waals surface area contributed by atoms with Crippen molar-refractivity contribution in [2.45, 2.75) is 12.4 Å². The molecule has 0 radical (unpaired) electrons. The molecule has 11 heteroatoms. The molecule has 0 saturated heterocycles. The molecule has 1 heterocycles. The molecule has 0 aromatic heterocycles. The summed E-state index contributed by atoms with van der Waals surface area (Å²) in [7, 11) is 0. The van der Waals surface area contributed by atoms with Crippen LogP contribution in [-0.2, 0) is 12.4 Å². The number of hydrogen-bond acceptors (Lipinski definition) is 2. The zero-order valence-electron chi connectivity index (χ0n) is 14.9. The standard InChI is InChI=1S/C19H13F6N3O2/c20-18(21,22)10-2-3-12(14(8-10)19(23,24)25)11-5-6-30-15-4-1-9(7-13(11)15)16(29)28-17(26)27/h1-5,7-8H,6H2,(H4,26,27,28,29). The smallest absolute Gasteiger partial charge is 0.417 e. The summed E-state index contributed by atoms with van der Waals surface area (Å²) in [4.78, 5) is 15.4. The summed E-state index contributed by atoms with van der Waals surface area (Å²) in [6.45, 7) is -0.109. The molecule has 2 aromatic carbocycles. The molecule has 30 heavy (non-hydrogen) atoms. The van der Waals surface area contributed by atoms with Gasteiger partial charge in [0, 0.05) is 11.1 Å². The van der Waals surface area contributed by atoms with E-state index in [0.29, 0.717) is 6.07 Å². The number of nitrogens with two attached hydrogens (primary N) is 2. The predicted octanol–water partition coefficient (Wildman–Crippen LogP) is 3.96. The summed E-state index contributed by atoms with van der Waals surface area (Å²) in [5, 5.41) is 0. The van der Waals surface area contributed by atoms with E-state index in [-0.39, 0.29) is 35.1 Å². The molecule has 0 atom stereocenters. The van der Waals surface area contributed by atoms with E-state index >= 15 is 0 Å². The molecule has 0 aliphatic carbocycles. The Bertz CT molecular complexity index is 1070. The first kappa shape index (κ1) is 21.2. The normalized spacial score (nSPS) is 13.7. The Balaban J connectivity index is 2.18. The van der Waals surface area contributed by atoms with Gasteiger partial charge < -0.3 is 16.2 Å². The Morgan fingerprint density at radius 2 is 1.63 bits per heavy atom. The zero-order valence-corrected chi connectivity index (χ0v) is 14.9. The fourth-order valence-electron chi connectivity index (χ4n) is 2.95. The highest BCUT2D eigenvalue weighted by Crippen LogP contribution is 2.43. The number of rotatable bonds is 2. The van der Waals surface area contributed by atoms with E-state index in [0.717, 1.165) is 6.07 Å². The number of fused-ring (bicyclic) bond motifs is 1. The third kappa shape index (κ3) is 4.24. The van der Waals surface area contributed by atoms with E-state index in [9.17, 15) is 31.1 Å². The van der Waals surface area contributed by atoms with Crippen molar-refractivity contribution < 1.29 is 35.9 Å². The second-order valence-corrected chi connectivity index (χ2v) is 6.24. The van der Waals surface area contributed by atoms with Crippen LogP contribution >= 0.6 is 0 Å². The van der Waals surface area contributed by atoms with Crippen LogP contribution in [0.25, 0.3) is 5.57 Å². The predicted molar refractivity (Wildman–Crippen MR) is 95.6 cm³/mol. The Hall–Kier alpha value is -3.50. The number of benzene rings is 2. The van der Waals surface area contributed by atoms with E-state index in [2.05, 4.69) is 4.99 Å². The first-order valence-electron chi connectivity index (χ1n) is 8.28. The van der Waals surface area contributed by atoms with Gasteiger partial charge in [0.15, 0.2) is 5.96 Å². The maximum Gasteiger partial charge on any atom is 0.417 e.